The van der Waals surface area contributed by atoms with Gasteiger partial charge >= 0.3 is 0 Å². The number of aryl methyl sites for hydroxylation is 1. The van der Waals surface area contributed by atoms with Crippen molar-refractivity contribution in [1.82, 2.24) is 0 Å². The molecule has 94 valence electrons. The summed E-state index contributed by atoms with van der Waals surface area (Å²) in [6, 6.07) is 3.21. The van der Waals surface area contributed by atoms with E-state index in [1.807, 2.05) is 0 Å². The molecule has 0 aliphatic rings. The molecule has 0 heterocycles. The van der Waals surface area contributed by atoms with Gasteiger partial charge in [-0.15, -0.1) is 0 Å². The van der Waals surface area contributed by atoms with Crippen LogP contribution in [0.25, 0.3) is 16.5 Å². The molecule has 18 heavy (non-hydrogen) atoms. The summed E-state index contributed by atoms with van der Waals surface area (Å²) in [4.78, 5) is 12.9. The van der Waals surface area contributed by atoms with E-state index in [9.17, 15) is 10.1 Å². The molecule has 2 N–H and O–H groups in total. The van der Waals surface area contributed by atoms with Gasteiger partial charge in [-0.1, -0.05) is 17.3 Å². The van der Waals surface area contributed by atoms with Crippen LogP contribution in [0.5, 0.6) is 0 Å². The Bertz CT molecular complexity index is 532. The molecule has 0 unspecified atom stereocenters. The van der Waals surface area contributed by atoms with Crippen molar-refractivity contribution in [3.8, 4) is 0 Å². The highest BCUT2D eigenvalue weighted by molar-refractivity contribution is 5.74. The van der Waals surface area contributed by atoms with Crippen LogP contribution in [-0.4, -0.2) is 11.5 Å². The van der Waals surface area contributed by atoms with Gasteiger partial charge in [-0.05, 0) is 30.5 Å². The highest BCUT2D eigenvalue weighted by Gasteiger charge is 2.14. The number of nitro benzene ring substituents is 1. The number of nitrogens with two attached hydrogens (primary N) is 1. The van der Waals surface area contributed by atoms with Crippen molar-refractivity contribution >= 4 is 17.5 Å². The zero-order chi connectivity index (χ0) is 13.5. The summed E-state index contributed by atoms with van der Waals surface area (Å²) in [5, 5.41) is 14.2. The monoisotopic (exact) mass is 247 g/mol. The van der Waals surface area contributed by atoms with E-state index in [2.05, 4.69) is 10.0 Å². The first-order valence-corrected chi connectivity index (χ1v) is 5.28. The van der Waals surface area contributed by atoms with Gasteiger partial charge < -0.3 is 5.73 Å². The van der Waals surface area contributed by atoms with Crippen molar-refractivity contribution in [3.63, 3.8) is 0 Å². The molecule has 0 fully saturated rings. The van der Waals surface area contributed by atoms with Gasteiger partial charge in [0, 0.05) is 23.1 Å². The second-order valence-corrected chi connectivity index (χ2v) is 3.69. The van der Waals surface area contributed by atoms with E-state index in [0.29, 0.717) is 18.5 Å². The van der Waals surface area contributed by atoms with Crippen LogP contribution in [0.3, 0.4) is 0 Å². The predicted octanol–water partition coefficient (Wildman–Crippen LogP) is 3.20. The van der Waals surface area contributed by atoms with Crippen molar-refractivity contribution in [1.29, 1.82) is 0 Å². The van der Waals surface area contributed by atoms with Crippen LogP contribution < -0.4 is 5.73 Å². The second-order valence-electron chi connectivity index (χ2n) is 3.69. The molecule has 0 saturated carbocycles. The van der Waals surface area contributed by atoms with Crippen LogP contribution >= 0.6 is 0 Å². The van der Waals surface area contributed by atoms with Crippen LogP contribution in [0.1, 0.15) is 17.5 Å². The van der Waals surface area contributed by atoms with Crippen LogP contribution in [0, 0.1) is 17.0 Å². The van der Waals surface area contributed by atoms with Crippen molar-refractivity contribution in [3.05, 3.63) is 49.9 Å². The van der Waals surface area contributed by atoms with Crippen molar-refractivity contribution in [2.75, 3.05) is 12.3 Å². The largest absolute Gasteiger partial charge is 0.393 e. The lowest BCUT2D eigenvalue weighted by Gasteiger charge is -2.03. The SMILES string of the molecule is Cc1cc(C=CCCN=[N+]=[N-])c(N)c([N+](=O)[O-])c1. The molecular weight excluding hydrogens is 234 g/mol. The lowest BCUT2D eigenvalue weighted by Crippen LogP contribution is -1.98. The Balaban J connectivity index is 2.95. The molecule has 0 spiro atoms. The number of azide groups is 1. The minimum absolute atomic E-state index is 0.0929. The normalized spacial score (nSPS) is 10.3. The van der Waals surface area contributed by atoms with E-state index >= 15 is 0 Å². The molecule has 1 aromatic rings. The third-order valence-corrected chi connectivity index (χ3v) is 2.29. The Labute approximate surface area is 104 Å². The van der Waals surface area contributed by atoms with Gasteiger partial charge in [0.2, 0.25) is 0 Å². The molecule has 0 saturated heterocycles. The van der Waals surface area contributed by atoms with Crippen LogP contribution in [-0.2, 0) is 0 Å². The summed E-state index contributed by atoms with van der Waals surface area (Å²) < 4.78 is 0. The molecule has 7 heteroatoms. The first-order chi connectivity index (χ1) is 8.56. The Morgan fingerprint density at radius 1 is 1.61 bits per heavy atom. The first kappa shape index (κ1) is 13.5. The predicted molar refractivity (Wildman–Crippen MR) is 69.9 cm³/mol. The van der Waals surface area contributed by atoms with Gasteiger partial charge in [0.25, 0.3) is 5.69 Å². The van der Waals surface area contributed by atoms with E-state index in [4.69, 9.17) is 11.3 Å². The lowest BCUT2D eigenvalue weighted by atomic mass is 10.1. The quantitative estimate of drug-likeness (QED) is 0.164. The second kappa shape index (κ2) is 6.27. The summed E-state index contributed by atoms with van der Waals surface area (Å²) in [7, 11) is 0. The van der Waals surface area contributed by atoms with Crippen LogP contribution in [0.4, 0.5) is 11.4 Å². The molecule has 0 aliphatic carbocycles. The Hall–Kier alpha value is -2.53. The maximum atomic E-state index is 10.8. The third kappa shape index (κ3) is 3.50. The van der Waals surface area contributed by atoms with E-state index in [1.54, 1.807) is 25.1 Å². The highest BCUT2D eigenvalue weighted by atomic mass is 16.6. The summed E-state index contributed by atoms with van der Waals surface area (Å²) in [6.45, 7) is 2.12. The number of nitrogens with zero attached hydrogens (tertiary/aromatic N) is 4. The Morgan fingerprint density at radius 3 is 2.94 bits per heavy atom. The summed E-state index contributed by atoms with van der Waals surface area (Å²) >= 11 is 0. The Morgan fingerprint density at radius 2 is 2.33 bits per heavy atom. The zero-order valence-electron chi connectivity index (χ0n) is 9.91. The van der Waals surface area contributed by atoms with Gasteiger partial charge in [0.05, 0.1) is 4.92 Å². The summed E-state index contributed by atoms with van der Waals surface area (Å²) in [5.74, 6) is 0. The fraction of sp³-hybridized carbons (Fsp3) is 0.273. The minimum Gasteiger partial charge on any atom is -0.393 e. The zero-order valence-corrected chi connectivity index (χ0v) is 9.91. The molecular formula is C11H13N5O2. The van der Waals surface area contributed by atoms with Crippen LogP contribution in [0.2, 0.25) is 0 Å². The molecule has 1 rings (SSSR count). The van der Waals surface area contributed by atoms with Gasteiger partial charge in [0.1, 0.15) is 5.69 Å². The van der Waals surface area contributed by atoms with Gasteiger partial charge in [-0.2, -0.15) is 0 Å². The van der Waals surface area contributed by atoms with Crippen molar-refractivity contribution in [2.45, 2.75) is 13.3 Å². The average molecular weight is 247 g/mol. The van der Waals surface area contributed by atoms with Gasteiger partial charge in [0.15, 0.2) is 0 Å². The van der Waals surface area contributed by atoms with Gasteiger partial charge in [-0.25, -0.2) is 0 Å². The maximum absolute atomic E-state index is 10.8. The van der Waals surface area contributed by atoms with Crippen molar-refractivity contribution < 1.29 is 4.92 Å². The van der Waals surface area contributed by atoms with E-state index in [1.165, 1.54) is 6.07 Å². The molecule has 1 aromatic carbocycles. The molecule has 0 atom stereocenters. The third-order valence-electron chi connectivity index (χ3n) is 2.29. The number of hydrogen-bond acceptors (Lipinski definition) is 4. The fourth-order valence-corrected chi connectivity index (χ4v) is 1.48. The number of benzene rings is 1. The highest BCUT2D eigenvalue weighted by Crippen LogP contribution is 2.27. The molecule has 0 aromatic heterocycles. The standard InChI is InChI=1S/C11H13N5O2/c1-8-6-9(4-2-3-5-14-15-13)11(12)10(7-8)16(17)18/h2,4,6-7H,3,5,12H2,1H3. The van der Waals surface area contributed by atoms with E-state index in [-0.39, 0.29) is 11.4 Å². The smallest absolute Gasteiger partial charge is 0.292 e. The summed E-state index contributed by atoms with van der Waals surface area (Å²) in [5.41, 5.74) is 15.2. The molecule has 0 amide bonds. The number of hydrogen-bond donors (Lipinski definition) is 1. The molecule has 7 nitrogen and oxygen atoms in total. The summed E-state index contributed by atoms with van der Waals surface area (Å²) in [6.07, 6.45) is 4.02. The lowest BCUT2D eigenvalue weighted by molar-refractivity contribution is -0.383. The molecule has 0 bridgehead atoms. The topological polar surface area (TPSA) is 118 Å². The minimum atomic E-state index is -0.500. The van der Waals surface area contributed by atoms with Crippen LogP contribution in [0.15, 0.2) is 23.3 Å². The maximum Gasteiger partial charge on any atom is 0.292 e. The van der Waals surface area contributed by atoms with E-state index in [0.717, 1.165) is 5.56 Å². The number of nitro groups is 1. The molecule has 0 radical (unpaired) electrons. The molecule has 0 aliphatic heterocycles. The fourth-order valence-electron chi connectivity index (χ4n) is 1.48. The van der Waals surface area contributed by atoms with Crippen molar-refractivity contribution in [2.24, 2.45) is 5.11 Å². The number of nitrogen functional groups attached to an aromatic ring is 1. The number of rotatable bonds is 5. The van der Waals surface area contributed by atoms with Gasteiger partial charge in [-0.3, -0.25) is 10.1 Å². The van der Waals surface area contributed by atoms with E-state index < -0.39 is 4.92 Å². The average Bonchev–Trinajstić information content (AvgIpc) is 2.32. The first-order valence-electron chi connectivity index (χ1n) is 5.28. The Kier molecular flexibility index (Phi) is 4.71. The number of anilines is 1.